The standard InChI is InChI=1S/C21H22FN3O3/c1-13(26)25-11-16-10-24(21(28)15-6-7-23(2)19(27)9-15)12-18(16)20(25)14-4-3-5-17(22)8-14/h3-9,16,18,20H,10-12H2,1-2H3/t16-,18-,20+/m1/s1. The molecule has 7 heteroatoms. The largest absolute Gasteiger partial charge is 0.338 e. The highest BCUT2D eigenvalue weighted by Gasteiger charge is 2.49. The highest BCUT2D eigenvalue weighted by Crippen LogP contribution is 2.45. The van der Waals surface area contributed by atoms with Crippen molar-refractivity contribution in [1.82, 2.24) is 14.4 Å². The van der Waals surface area contributed by atoms with Gasteiger partial charge in [-0.15, -0.1) is 0 Å². The molecule has 3 heterocycles. The van der Waals surface area contributed by atoms with E-state index in [1.807, 2.05) is 6.07 Å². The second kappa shape index (κ2) is 6.89. The third-order valence-corrected chi connectivity index (χ3v) is 5.90. The van der Waals surface area contributed by atoms with Gasteiger partial charge >= 0.3 is 0 Å². The average molecular weight is 383 g/mol. The number of aryl methyl sites for hydroxylation is 1. The molecular formula is C21H22FN3O3. The van der Waals surface area contributed by atoms with E-state index in [1.54, 1.807) is 35.2 Å². The Morgan fingerprint density at radius 1 is 1.11 bits per heavy atom. The second-order valence-electron chi connectivity index (χ2n) is 7.67. The number of fused-ring (bicyclic) bond motifs is 1. The molecule has 2 aliphatic rings. The molecule has 2 aromatic rings. The number of halogens is 1. The van der Waals surface area contributed by atoms with Gasteiger partial charge in [-0.3, -0.25) is 14.4 Å². The molecule has 6 nitrogen and oxygen atoms in total. The summed E-state index contributed by atoms with van der Waals surface area (Å²) in [4.78, 5) is 40.4. The van der Waals surface area contributed by atoms with Gasteiger partial charge in [0, 0.05) is 63.3 Å². The second-order valence-corrected chi connectivity index (χ2v) is 7.67. The SMILES string of the molecule is CC(=O)N1C[C@H]2CN(C(=O)c3ccn(C)c(=O)c3)C[C@H]2[C@@H]1c1cccc(F)c1. The number of benzene rings is 1. The number of hydrogen-bond acceptors (Lipinski definition) is 3. The molecule has 1 aromatic heterocycles. The lowest BCUT2D eigenvalue weighted by atomic mass is 9.89. The Hall–Kier alpha value is -2.96. The Labute approximate surface area is 162 Å². The lowest BCUT2D eigenvalue weighted by Crippen LogP contribution is -2.36. The van der Waals surface area contributed by atoms with Crippen molar-refractivity contribution >= 4 is 11.8 Å². The summed E-state index contributed by atoms with van der Waals surface area (Å²) in [5.74, 6) is -0.392. The molecule has 146 valence electrons. The van der Waals surface area contributed by atoms with Crippen molar-refractivity contribution in [2.75, 3.05) is 19.6 Å². The lowest BCUT2D eigenvalue weighted by molar-refractivity contribution is -0.130. The van der Waals surface area contributed by atoms with Crippen LogP contribution in [0.25, 0.3) is 0 Å². The van der Waals surface area contributed by atoms with Gasteiger partial charge < -0.3 is 14.4 Å². The molecule has 0 saturated carbocycles. The highest BCUT2D eigenvalue weighted by atomic mass is 19.1. The van der Waals surface area contributed by atoms with Crippen molar-refractivity contribution in [3.8, 4) is 0 Å². The van der Waals surface area contributed by atoms with Gasteiger partial charge in [0.05, 0.1) is 6.04 Å². The van der Waals surface area contributed by atoms with Gasteiger partial charge in [0.15, 0.2) is 0 Å². The quantitative estimate of drug-likeness (QED) is 0.795. The molecule has 0 bridgehead atoms. The Bertz CT molecular complexity index is 1000. The minimum absolute atomic E-state index is 0.0428. The van der Waals surface area contributed by atoms with Crippen LogP contribution in [0.1, 0.15) is 28.9 Å². The number of likely N-dealkylation sites (tertiary alicyclic amines) is 2. The van der Waals surface area contributed by atoms with E-state index in [0.29, 0.717) is 25.2 Å². The lowest BCUT2D eigenvalue weighted by Gasteiger charge is -2.29. The fourth-order valence-corrected chi connectivity index (χ4v) is 4.52. The Balaban J connectivity index is 1.61. The first-order chi connectivity index (χ1) is 13.3. The number of carbonyl (C=O) groups is 2. The first-order valence-electron chi connectivity index (χ1n) is 9.34. The number of rotatable bonds is 2. The van der Waals surface area contributed by atoms with Crippen LogP contribution < -0.4 is 5.56 Å². The minimum Gasteiger partial charge on any atom is -0.338 e. The predicted molar refractivity (Wildman–Crippen MR) is 101 cm³/mol. The number of amides is 2. The van der Waals surface area contributed by atoms with E-state index in [0.717, 1.165) is 5.56 Å². The zero-order valence-corrected chi connectivity index (χ0v) is 15.8. The van der Waals surface area contributed by atoms with Crippen LogP contribution in [-0.2, 0) is 11.8 Å². The van der Waals surface area contributed by atoms with Crippen LogP contribution in [0.5, 0.6) is 0 Å². The number of hydrogen-bond donors (Lipinski definition) is 0. The first-order valence-corrected chi connectivity index (χ1v) is 9.34. The van der Waals surface area contributed by atoms with Crippen molar-refractivity contribution in [3.63, 3.8) is 0 Å². The molecule has 0 aliphatic carbocycles. The van der Waals surface area contributed by atoms with Crippen LogP contribution in [0.2, 0.25) is 0 Å². The van der Waals surface area contributed by atoms with Crippen molar-refractivity contribution in [2.24, 2.45) is 18.9 Å². The maximum Gasteiger partial charge on any atom is 0.254 e. The molecule has 2 saturated heterocycles. The van der Waals surface area contributed by atoms with Crippen LogP contribution in [0.4, 0.5) is 4.39 Å². The first kappa shape index (κ1) is 18.4. The monoisotopic (exact) mass is 383 g/mol. The van der Waals surface area contributed by atoms with Crippen LogP contribution in [0.15, 0.2) is 47.4 Å². The molecule has 4 rings (SSSR count). The summed E-state index contributed by atoms with van der Waals surface area (Å²) in [6, 6.07) is 9.07. The van der Waals surface area contributed by atoms with Crippen molar-refractivity contribution in [3.05, 3.63) is 69.9 Å². The van der Waals surface area contributed by atoms with Gasteiger partial charge in [-0.1, -0.05) is 12.1 Å². The van der Waals surface area contributed by atoms with E-state index in [4.69, 9.17) is 0 Å². The highest BCUT2D eigenvalue weighted by molar-refractivity contribution is 5.94. The van der Waals surface area contributed by atoms with E-state index in [-0.39, 0.29) is 41.1 Å². The molecule has 2 fully saturated rings. The zero-order chi connectivity index (χ0) is 20.0. The van der Waals surface area contributed by atoms with Crippen LogP contribution in [-0.4, -0.2) is 45.8 Å². The van der Waals surface area contributed by atoms with Crippen LogP contribution in [0.3, 0.4) is 0 Å². The average Bonchev–Trinajstić information content (AvgIpc) is 3.21. The summed E-state index contributed by atoms with van der Waals surface area (Å²) in [5.41, 5.74) is 0.894. The van der Waals surface area contributed by atoms with E-state index in [1.165, 1.54) is 29.7 Å². The topological polar surface area (TPSA) is 62.6 Å². The summed E-state index contributed by atoms with van der Waals surface area (Å²) in [7, 11) is 1.64. The van der Waals surface area contributed by atoms with Crippen LogP contribution in [0, 0.1) is 17.7 Å². The maximum absolute atomic E-state index is 13.8. The zero-order valence-electron chi connectivity index (χ0n) is 15.8. The molecule has 0 radical (unpaired) electrons. The Morgan fingerprint density at radius 2 is 1.89 bits per heavy atom. The molecule has 0 unspecified atom stereocenters. The van der Waals surface area contributed by atoms with E-state index in [2.05, 4.69) is 0 Å². The van der Waals surface area contributed by atoms with E-state index in [9.17, 15) is 18.8 Å². The predicted octanol–water partition coefficient (Wildman–Crippen LogP) is 1.82. The number of carbonyl (C=O) groups excluding carboxylic acids is 2. The van der Waals surface area contributed by atoms with Gasteiger partial charge in [-0.05, 0) is 23.8 Å². The van der Waals surface area contributed by atoms with Crippen LogP contribution >= 0.6 is 0 Å². The summed E-state index contributed by atoms with van der Waals surface area (Å²) < 4.78 is 15.2. The third-order valence-electron chi connectivity index (χ3n) is 5.90. The number of aromatic nitrogens is 1. The van der Waals surface area contributed by atoms with Crippen molar-refractivity contribution in [1.29, 1.82) is 0 Å². The van der Waals surface area contributed by atoms with Gasteiger partial charge in [0.2, 0.25) is 5.91 Å². The van der Waals surface area contributed by atoms with Crippen molar-refractivity contribution < 1.29 is 14.0 Å². The molecule has 2 amide bonds. The van der Waals surface area contributed by atoms with Gasteiger partial charge in [0.1, 0.15) is 5.82 Å². The normalized spacial score (nSPS) is 23.8. The maximum atomic E-state index is 13.8. The van der Waals surface area contributed by atoms with Gasteiger partial charge in [-0.2, -0.15) is 0 Å². The fraction of sp³-hybridized carbons (Fsp3) is 0.381. The molecule has 0 N–H and O–H groups in total. The molecule has 0 spiro atoms. The van der Waals surface area contributed by atoms with Gasteiger partial charge in [-0.25, -0.2) is 4.39 Å². The molecular weight excluding hydrogens is 361 g/mol. The summed E-state index contributed by atoms with van der Waals surface area (Å²) >= 11 is 0. The Morgan fingerprint density at radius 3 is 2.57 bits per heavy atom. The summed E-state index contributed by atoms with van der Waals surface area (Å²) in [6.07, 6.45) is 1.58. The smallest absolute Gasteiger partial charge is 0.254 e. The summed E-state index contributed by atoms with van der Waals surface area (Å²) in [5, 5.41) is 0. The number of nitrogens with zero attached hydrogens (tertiary/aromatic N) is 3. The Kier molecular flexibility index (Phi) is 4.53. The van der Waals surface area contributed by atoms with Gasteiger partial charge in [0.25, 0.3) is 11.5 Å². The fourth-order valence-electron chi connectivity index (χ4n) is 4.52. The van der Waals surface area contributed by atoms with E-state index < -0.39 is 0 Å². The minimum atomic E-state index is -0.337. The molecule has 28 heavy (non-hydrogen) atoms. The number of pyridine rings is 1. The third kappa shape index (κ3) is 3.10. The van der Waals surface area contributed by atoms with E-state index >= 15 is 0 Å². The molecule has 3 atom stereocenters. The molecule has 2 aliphatic heterocycles. The summed E-state index contributed by atoms with van der Waals surface area (Å²) in [6.45, 7) is 3.06. The molecule has 1 aromatic carbocycles. The van der Waals surface area contributed by atoms with Crippen molar-refractivity contribution in [2.45, 2.75) is 13.0 Å².